The van der Waals surface area contributed by atoms with Crippen LogP contribution < -0.4 is 0 Å². The van der Waals surface area contributed by atoms with E-state index in [2.05, 4.69) is 25.9 Å². The molecule has 160 valence electrons. The summed E-state index contributed by atoms with van der Waals surface area (Å²) in [4.78, 5) is 28.3. The van der Waals surface area contributed by atoms with Crippen LogP contribution in [-0.2, 0) is 14.3 Å². The lowest BCUT2D eigenvalue weighted by Crippen LogP contribution is -2.39. The van der Waals surface area contributed by atoms with E-state index in [0.29, 0.717) is 5.56 Å². The number of oxime groups is 1. The van der Waals surface area contributed by atoms with Crippen molar-refractivity contribution in [1.29, 1.82) is 0 Å². The summed E-state index contributed by atoms with van der Waals surface area (Å²) in [5, 5.41) is 3.40. The van der Waals surface area contributed by atoms with E-state index in [1.54, 1.807) is 48.5 Å². The zero-order chi connectivity index (χ0) is 22.1. The Kier molecular flexibility index (Phi) is 8.98. The average Bonchev–Trinajstić information content (AvgIpc) is 2.74. The van der Waals surface area contributed by atoms with Crippen molar-refractivity contribution in [2.45, 2.75) is 31.0 Å². The van der Waals surface area contributed by atoms with E-state index in [0.717, 1.165) is 17.3 Å². The number of carbonyl (C=O) groups excluding carboxylic acids is 2. The topological polar surface area (TPSA) is 74.2 Å². The molecule has 0 aliphatic carbocycles. The van der Waals surface area contributed by atoms with E-state index in [9.17, 15) is 14.0 Å². The minimum Gasteiger partial charge on any atom is -0.461 e. The van der Waals surface area contributed by atoms with Gasteiger partial charge in [0.2, 0.25) is 0 Å². The molecule has 3 unspecified atom stereocenters. The highest BCUT2D eigenvalue weighted by atomic mass is 79.9. The molecular weight excluding hydrogens is 457 g/mol. The molecule has 0 bridgehead atoms. The number of benzene rings is 2. The molecule has 6 nitrogen and oxygen atoms in total. The fraction of sp³-hybridized carbons (Fsp3) is 0.318. The third kappa shape index (κ3) is 6.95. The molecule has 0 N–H and O–H groups in total. The van der Waals surface area contributed by atoms with Crippen molar-refractivity contribution in [2.75, 3.05) is 13.7 Å². The predicted octanol–water partition coefficient (Wildman–Crippen LogP) is 4.42. The summed E-state index contributed by atoms with van der Waals surface area (Å²) >= 11 is 3.27. The molecule has 0 amide bonds. The first-order valence-corrected chi connectivity index (χ1v) is 10.1. The van der Waals surface area contributed by atoms with E-state index in [1.807, 2.05) is 13.8 Å². The first kappa shape index (κ1) is 23.5. The molecule has 8 heteroatoms. The summed E-state index contributed by atoms with van der Waals surface area (Å²) in [7, 11) is 1.27. The number of halogens is 2. The van der Waals surface area contributed by atoms with Crippen LogP contribution in [0, 0.1) is 13.8 Å². The third-order valence-electron chi connectivity index (χ3n) is 4.17. The van der Waals surface area contributed by atoms with Gasteiger partial charge in [-0.15, -0.1) is 0 Å². The van der Waals surface area contributed by atoms with Crippen LogP contribution in [0.1, 0.15) is 31.8 Å². The van der Waals surface area contributed by atoms with E-state index >= 15 is 0 Å². The van der Waals surface area contributed by atoms with E-state index in [1.165, 1.54) is 7.11 Å². The fourth-order valence-electron chi connectivity index (χ4n) is 2.45. The zero-order valence-electron chi connectivity index (χ0n) is 16.9. The molecule has 2 aromatic rings. The standard InChI is InChI=1S/C22H23BrFNO5/c1-14-4-8-16(9-5-14)21(26)29-13-18(23)20(19(24)12-25-28-3)30-22(27)17-10-6-15(2)7-11-17/h4-12,18-20H,13H2,1-3H3/b25-12+. The van der Waals surface area contributed by atoms with Gasteiger partial charge in [-0.25, -0.2) is 14.0 Å². The van der Waals surface area contributed by atoms with Crippen LogP contribution >= 0.6 is 15.9 Å². The Balaban J connectivity index is 2.07. The molecule has 3 atom stereocenters. The second-order valence-corrected chi connectivity index (χ2v) is 7.77. The molecule has 2 aromatic carbocycles. The first-order valence-electron chi connectivity index (χ1n) is 9.18. The summed E-state index contributed by atoms with van der Waals surface area (Å²) < 4.78 is 25.3. The number of hydrogen-bond acceptors (Lipinski definition) is 6. The number of esters is 2. The van der Waals surface area contributed by atoms with Crippen LogP contribution in [0.25, 0.3) is 0 Å². The van der Waals surface area contributed by atoms with Gasteiger partial charge >= 0.3 is 11.9 Å². The van der Waals surface area contributed by atoms with Crippen molar-refractivity contribution in [3.05, 3.63) is 70.8 Å². The Bertz CT molecular complexity index is 870. The number of carbonyl (C=O) groups is 2. The maximum Gasteiger partial charge on any atom is 0.338 e. The summed E-state index contributed by atoms with van der Waals surface area (Å²) in [6, 6.07) is 13.5. The first-order chi connectivity index (χ1) is 14.3. The van der Waals surface area contributed by atoms with Gasteiger partial charge in [0.15, 0.2) is 12.3 Å². The van der Waals surface area contributed by atoms with E-state index in [-0.39, 0.29) is 12.2 Å². The van der Waals surface area contributed by atoms with Gasteiger partial charge in [-0.3, -0.25) is 0 Å². The summed E-state index contributed by atoms with van der Waals surface area (Å²) in [5.74, 6) is -1.27. The molecule has 2 rings (SSSR count). The van der Waals surface area contributed by atoms with Crippen molar-refractivity contribution in [3.8, 4) is 0 Å². The summed E-state index contributed by atoms with van der Waals surface area (Å²) in [5.41, 5.74) is 2.62. The molecule has 0 aliphatic rings. The van der Waals surface area contributed by atoms with Crippen LogP contribution in [0.2, 0.25) is 0 Å². The Morgan fingerprint density at radius 2 is 1.50 bits per heavy atom. The molecule has 0 radical (unpaired) electrons. The Hall–Kier alpha value is -2.74. The predicted molar refractivity (Wildman–Crippen MR) is 115 cm³/mol. The maximum absolute atomic E-state index is 14.7. The third-order valence-corrected chi connectivity index (χ3v) is 4.96. The second-order valence-electron chi connectivity index (χ2n) is 6.60. The molecule has 0 aliphatic heterocycles. The van der Waals surface area contributed by atoms with Gasteiger partial charge < -0.3 is 14.3 Å². The molecule has 0 saturated heterocycles. The zero-order valence-corrected chi connectivity index (χ0v) is 18.5. The number of ether oxygens (including phenoxy) is 2. The molecule has 0 saturated carbocycles. The van der Waals surface area contributed by atoms with Crippen LogP contribution in [0.5, 0.6) is 0 Å². The van der Waals surface area contributed by atoms with Gasteiger partial charge in [-0.1, -0.05) is 56.5 Å². The van der Waals surface area contributed by atoms with E-state index < -0.39 is 29.0 Å². The second kappa shape index (κ2) is 11.4. The van der Waals surface area contributed by atoms with Gasteiger partial charge in [0.1, 0.15) is 13.7 Å². The van der Waals surface area contributed by atoms with E-state index in [4.69, 9.17) is 9.47 Å². The van der Waals surface area contributed by atoms with Crippen molar-refractivity contribution < 1.29 is 28.3 Å². The highest BCUT2D eigenvalue weighted by Crippen LogP contribution is 2.19. The van der Waals surface area contributed by atoms with Crippen molar-refractivity contribution in [1.82, 2.24) is 0 Å². The van der Waals surface area contributed by atoms with Crippen molar-refractivity contribution >= 4 is 34.1 Å². The van der Waals surface area contributed by atoms with Gasteiger partial charge in [0.05, 0.1) is 22.2 Å². The average molecular weight is 480 g/mol. The highest BCUT2D eigenvalue weighted by Gasteiger charge is 2.32. The number of aryl methyl sites for hydroxylation is 2. The summed E-state index contributed by atoms with van der Waals surface area (Å²) in [6.07, 6.45) is -2.21. The quantitative estimate of drug-likeness (QED) is 0.230. The lowest BCUT2D eigenvalue weighted by atomic mass is 10.1. The van der Waals surface area contributed by atoms with Crippen LogP contribution in [0.15, 0.2) is 53.7 Å². The van der Waals surface area contributed by atoms with Crippen LogP contribution in [-0.4, -0.2) is 49.0 Å². The number of rotatable bonds is 9. The van der Waals surface area contributed by atoms with Crippen molar-refractivity contribution in [2.24, 2.45) is 5.16 Å². The monoisotopic (exact) mass is 479 g/mol. The van der Waals surface area contributed by atoms with Gasteiger partial charge in [0.25, 0.3) is 0 Å². The van der Waals surface area contributed by atoms with Crippen LogP contribution in [0.4, 0.5) is 4.39 Å². The minimum atomic E-state index is -1.79. The van der Waals surface area contributed by atoms with Crippen LogP contribution in [0.3, 0.4) is 0 Å². The highest BCUT2D eigenvalue weighted by molar-refractivity contribution is 9.09. The number of hydrogen-bond donors (Lipinski definition) is 0. The molecule has 0 fully saturated rings. The molecule has 30 heavy (non-hydrogen) atoms. The Morgan fingerprint density at radius 1 is 1.00 bits per heavy atom. The number of nitrogens with zero attached hydrogens (tertiary/aromatic N) is 1. The Morgan fingerprint density at radius 3 is 2.00 bits per heavy atom. The molecule has 0 spiro atoms. The normalized spacial score (nSPS) is 14.0. The smallest absolute Gasteiger partial charge is 0.338 e. The van der Waals surface area contributed by atoms with Gasteiger partial charge in [-0.05, 0) is 38.1 Å². The lowest BCUT2D eigenvalue weighted by Gasteiger charge is -2.24. The van der Waals surface area contributed by atoms with Gasteiger partial charge in [-0.2, -0.15) is 0 Å². The number of alkyl halides is 2. The Labute approximate surface area is 183 Å². The summed E-state index contributed by atoms with van der Waals surface area (Å²) in [6.45, 7) is 3.56. The molecular formula is C22H23BrFNO5. The molecule has 0 aromatic heterocycles. The lowest BCUT2D eigenvalue weighted by molar-refractivity contribution is 0.00846. The minimum absolute atomic E-state index is 0.222. The van der Waals surface area contributed by atoms with Crippen molar-refractivity contribution in [3.63, 3.8) is 0 Å². The fourth-order valence-corrected chi connectivity index (χ4v) is 2.98. The molecule has 0 heterocycles. The maximum atomic E-state index is 14.7. The van der Waals surface area contributed by atoms with Gasteiger partial charge in [0, 0.05) is 0 Å². The SMILES string of the molecule is CO/N=C/C(F)C(OC(=O)c1ccc(C)cc1)C(Br)COC(=O)c1ccc(C)cc1. The largest absolute Gasteiger partial charge is 0.461 e.